The molecular formula is C27H27ClF4N6O. The van der Waals surface area contributed by atoms with Crippen molar-refractivity contribution in [2.75, 3.05) is 25.1 Å². The molecule has 0 radical (unpaired) electrons. The van der Waals surface area contributed by atoms with Crippen LogP contribution in [-0.4, -0.2) is 57.1 Å². The molecule has 39 heavy (non-hydrogen) atoms. The number of aromatic nitrogens is 4. The van der Waals surface area contributed by atoms with E-state index in [1.165, 1.54) is 13.3 Å². The summed E-state index contributed by atoms with van der Waals surface area (Å²) in [5.74, 6) is 1.03. The van der Waals surface area contributed by atoms with E-state index in [0.29, 0.717) is 23.9 Å². The van der Waals surface area contributed by atoms with Crippen molar-refractivity contribution >= 4 is 17.4 Å². The molecule has 1 spiro atoms. The van der Waals surface area contributed by atoms with Gasteiger partial charge in [0.25, 0.3) is 0 Å². The Kier molecular flexibility index (Phi) is 5.65. The van der Waals surface area contributed by atoms with E-state index in [9.17, 15) is 17.6 Å². The summed E-state index contributed by atoms with van der Waals surface area (Å²) in [6.45, 7) is 2.62. The van der Waals surface area contributed by atoms with Gasteiger partial charge in [-0.15, -0.1) is 10.2 Å². The Balaban J connectivity index is 1.09. The van der Waals surface area contributed by atoms with E-state index in [4.69, 9.17) is 16.3 Å². The number of ether oxygens (including phenoxy) is 1. The SMILES string of the molecule is COc1cc(N2CC3(CC(c4nnc5n4-c4ccc(Cl)cc4CN(C4CC(C(F)(F)F)C4)C5)C3)C2)ncc1F. The van der Waals surface area contributed by atoms with Gasteiger partial charge in [0.05, 0.1) is 31.5 Å². The number of alkyl halides is 3. The van der Waals surface area contributed by atoms with Crippen LogP contribution in [0, 0.1) is 17.2 Å². The lowest BCUT2D eigenvalue weighted by Gasteiger charge is -2.59. The van der Waals surface area contributed by atoms with Crippen LogP contribution in [0.15, 0.2) is 30.5 Å². The summed E-state index contributed by atoms with van der Waals surface area (Å²) < 4.78 is 60.5. The molecule has 206 valence electrons. The third kappa shape index (κ3) is 4.16. The second-order valence-electron chi connectivity index (χ2n) is 11.5. The highest BCUT2D eigenvalue weighted by atomic mass is 35.5. The minimum Gasteiger partial charge on any atom is -0.493 e. The molecule has 12 heteroatoms. The minimum absolute atomic E-state index is 0.108. The summed E-state index contributed by atoms with van der Waals surface area (Å²) in [5, 5.41) is 9.72. The third-order valence-corrected chi connectivity index (χ3v) is 9.21. The average molecular weight is 563 g/mol. The molecule has 0 N–H and O–H groups in total. The fourth-order valence-electron chi connectivity index (χ4n) is 6.82. The molecule has 0 unspecified atom stereocenters. The maximum absolute atomic E-state index is 13.8. The molecule has 4 aliphatic rings. The number of benzene rings is 1. The molecule has 3 fully saturated rings. The van der Waals surface area contributed by atoms with Crippen LogP contribution in [0.5, 0.6) is 5.75 Å². The predicted octanol–water partition coefficient (Wildman–Crippen LogP) is 5.50. The number of rotatable bonds is 4. The van der Waals surface area contributed by atoms with E-state index in [2.05, 4.69) is 29.5 Å². The average Bonchev–Trinajstić information content (AvgIpc) is 3.12. The lowest BCUT2D eigenvalue weighted by Crippen LogP contribution is -2.62. The Bertz CT molecular complexity index is 1420. The molecule has 1 saturated heterocycles. The van der Waals surface area contributed by atoms with Gasteiger partial charge in [0.15, 0.2) is 17.4 Å². The number of nitrogens with zero attached hydrogens (tertiary/aromatic N) is 6. The molecule has 2 aromatic heterocycles. The zero-order valence-electron chi connectivity index (χ0n) is 21.3. The maximum Gasteiger partial charge on any atom is 0.391 e. The zero-order valence-corrected chi connectivity index (χ0v) is 22.0. The molecule has 0 atom stereocenters. The third-order valence-electron chi connectivity index (χ3n) is 8.97. The number of fused-ring (bicyclic) bond motifs is 3. The molecule has 4 heterocycles. The van der Waals surface area contributed by atoms with E-state index in [0.717, 1.165) is 48.8 Å². The maximum atomic E-state index is 13.8. The summed E-state index contributed by atoms with van der Waals surface area (Å²) in [6.07, 6.45) is -0.848. The van der Waals surface area contributed by atoms with Crippen LogP contribution < -0.4 is 9.64 Å². The Morgan fingerprint density at radius 1 is 1.08 bits per heavy atom. The van der Waals surface area contributed by atoms with Crippen LogP contribution in [-0.2, 0) is 13.1 Å². The first kappa shape index (κ1) is 25.1. The molecular weight excluding hydrogens is 536 g/mol. The Morgan fingerprint density at radius 2 is 1.85 bits per heavy atom. The smallest absolute Gasteiger partial charge is 0.391 e. The Hall–Kier alpha value is -2.92. The van der Waals surface area contributed by atoms with Gasteiger partial charge in [-0.3, -0.25) is 9.47 Å². The van der Waals surface area contributed by atoms with Crippen LogP contribution in [0.25, 0.3) is 5.69 Å². The van der Waals surface area contributed by atoms with Crippen molar-refractivity contribution in [3.63, 3.8) is 0 Å². The van der Waals surface area contributed by atoms with Crippen molar-refractivity contribution in [3.05, 3.63) is 58.5 Å². The highest BCUT2D eigenvalue weighted by Gasteiger charge is 2.55. The van der Waals surface area contributed by atoms with Crippen LogP contribution in [0.2, 0.25) is 5.02 Å². The van der Waals surface area contributed by atoms with Crippen molar-refractivity contribution < 1.29 is 22.3 Å². The molecule has 3 aromatic rings. The second kappa shape index (κ2) is 8.79. The highest BCUT2D eigenvalue weighted by molar-refractivity contribution is 6.30. The van der Waals surface area contributed by atoms with Gasteiger partial charge in [0.1, 0.15) is 11.6 Å². The molecule has 7 rings (SSSR count). The van der Waals surface area contributed by atoms with Crippen LogP contribution in [0.4, 0.5) is 23.4 Å². The van der Waals surface area contributed by atoms with Crippen LogP contribution >= 0.6 is 11.6 Å². The number of pyridine rings is 1. The van der Waals surface area contributed by atoms with Crippen LogP contribution in [0.1, 0.15) is 48.8 Å². The molecule has 1 aromatic carbocycles. The molecule has 2 saturated carbocycles. The second-order valence-corrected chi connectivity index (χ2v) is 11.9. The quantitative estimate of drug-likeness (QED) is 0.391. The van der Waals surface area contributed by atoms with Gasteiger partial charge in [-0.05, 0) is 49.4 Å². The number of anilines is 1. The van der Waals surface area contributed by atoms with Gasteiger partial charge in [-0.2, -0.15) is 13.2 Å². The molecule has 2 aliphatic heterocycles. The number of halogens is 5. The van der Waals surface area contributed by atoms with Crippen molar-refractivity contribution in [3.8, 4) is 11.4 Å². The van der Waals surface area contributed by atoms with Gasteiger partial charge in [-0.25, -0.2) is 9.37 Å². The van der Waals surface area contributed by atoms with Crippen LogP contribution in [0.3, 0.4) is 0 Å². The van der Waals surface area contributed by atoms with Crippen molar-refractivity contribution in [2.24, 2.45) is 11.3 Å². The van der Waals surface area contributed by atoms with E-state index in [-0.39, 0.29) is 36.0 Å². The van der Waals surface area contributed by atoms with Gasteiger partial charge >= 0.3 is 6.18 Å². The topological polar surface area (TPSA) is 59.3 Å². The Morgan fingerprint density at radius 3 is 2.56 bits per heavy atom. The van der Waals surface area contributed by atoms with Crippen molar-refractivity contribution in [1.29, 1.82) is 0 Å². The summed E-state index contributed by atoms with van der Waals surface area (Å²) in [7, 11) is 1.44. The normalized spacial score (nSPS) is 24.3. The fraction of sp³-hybridized carbons (Fsp3) is 0.519. The van der Waals surface area contributed by atoms with E-state index < -0.39 is 17.9 Å². The monoisotopic (exact) mass is 562 g/mol. The highest BCUT2D eigenvalue weighted by Crippen LogP contribution is 2.57. The summed E-state index contributed by atoms with van der Waals surface area (Å²) in [5.41, 5.74) is 2.07. The Labute approximate surface area is 227 Å². The summed E-state index contributed by atoms with van der Waals surface area (Å²) >= 11 is 6.34. The fourth-order valence-corrected chi connectivity index (χ4v) is 7.01. The largest absolute Gasteiger partial charge is 0.493 e. The first-order valence-corrected chi connectivity index (χ1v) is 13.5. The van der Waals surface area contributed by atoms with E-state index in [1.54, 1.807) is 6.07 Å². The lowest BCUT2D eigenvalue weighted by molar-refractivity contribution is -0.207. The zero-order chi connectivity index (χ0) is 27.1. The van der Waals surface area contributed by atoms with Gasteiger partial charge in [0, 0.05) is 48.1 Å². The van der Waals surface area contributed by atoms with Crippen molar-refractivity contribution in [1.82, 2.24) is 24.6 Å². The van der Waals surface area contributed by atoms with Gasteiger partial charge in [-0.1, -0.05) is 11.6 Å². The standard InChI is InChI=1S/C27H27ClF4N6O/c1-39-22-7-23(33-10-20(22)29)37-13-26(14-37)8-16(9-26)25-35-34-24-12-36(19-5-17(6-19)27(30,31)32)11-15-4-18(28)2-3-21(15)38(24)25/h2-4,7,10,16-17,19H,5-6,8-9,11-14H2,1H3. The molecule has 0 bridgehead atoms. The van der Waals surface area contributed by atoms with E-state index >= 15 is 0 Å². The number of methoxy groups -OCH3 is 1. The molecule has 2 aliphatic carbocycles. The predicted molar refractivity (Wildman–Crippen MR) is 136 cm³/mol. The number of hydrogen-bond acceptors (Lipinski definition) is 6. The lowest BCUT2D eigenvalue weighted by atomic mass is 9.57. The molecule has 0 amide bonds. The van der Waals surface area contributed by atoms with Gasteiger partial charge < -0.3 is 9.64 Å². The molecule has 7 nitrogen and oxygen atoms in total. The minimum atomic E-state index is -4.15. The summed E-state index contributed by atoms with van der Waals surface area (Å²) in [6, 6.07) is 7.18. The first-order valence-electron chi connectivity index (χ1n) is 13.1. The van der Waals surface area contributed by atoms with Crippen molar-refractivity contribution in [2.45, 2.75) is 56.9 Å². The van der Waals surface area contributed by atoms with Gasteiger partial charge in [0.2, 0.25) is 0 Å². The number of hydrogen-bond donors (Lipinski definition) is 0. The first-order chi connectivity index (χ1) is 18.6. The van der Waals surface area contributed by atoms with E-state index in [1.807, 2.05) is 18.2 Å². The summed E-state index contributed by atoms with van der Waals surface area (Å²) in [4.78, 5) is 8.44.